The Kier molecular flexibility index (Phi) is 6.34. The van der Waals surface area contributed by atoms with Gasteiger partial charge in [0.2, 0.25) is 11.5 Å². The third-order valence-electron chi connectivity index (χ3n) is 3.19. The van der Waals surface area contributed by atoms with Gasteiger partial charge in [0, 0.05) is 45.0 Å². The van der Waals surface area contributed by atoms with Crippen molar-refractivity contribution in [2.24, 2.45) is 7.05 Å². The number of likely N-dealkylation sites (N-methyl/N-ethyl adjacent to an activating group) is 1. The number of carbonyl (C=O) groups is 1. The van der Waals surface area contributed by atoms with Gasteiger partial charge in [-0.2, -0.15) is 13.2 Å². The van der Waals surface area contributed by atoms with E-state index in [1.807, 2.05) is 19.0 Å². The van der Waals surface area contributed by atoms with E-state index in [0.29, 0.717) is 6.54 Å². The van der Waals surface area contributed by atoms with E-state index in [9.17, 15) is 23.1 Å². The van der Waals surface area contributed by atoms with Crippen molar-refractivity contribution in [2.45, 2.75) is 18.2 Å². The molecule has 0 spiro atoms. The van der Waals surface area contributed by atoms with Crippen LogP contribution < -0.4 is 5.32 Å². The lowest BCUT2D eigenvalue weighted by atomic mass is 9.97. The van der Waals surface area contributed by atoms with Crippen LogP contribution in [0.25, 0.3) is 0 Å². The van der Waals surface area contributed by atoms with Crippen LogP contribution in [0.5, 0.6) is 0 Å². The molecule has 23 heavy (non-hydrogen) atoms. The minimum Gasteiger partial charge on any atom is -0.374 e. The van der Waals surface area contributed by atoms with Crippen molar-refractivity contribution in [2.75, 3.05) is 27.2 Å². The number of imidazole rings is 1. The lowest BCUT2D eigenvalue weighted by molar-refractivity contribution is -0.272. The van der Waals surface area contributed by atoms with Crippen LogP contribution in [-0.2, 0) is 17.4 Å². The van der Waals surface area contributed by atoms with Gasteiger partial charge < -0.3 is 19.9 Å². The van der Waals surface area contributed by atoms with Crippen molar-refractivity contribution in [3.63, 3.8) is 0 Å². The van der Waals surface area contributed by atoms with Crippen LogP contribution in [0, 0.1) is 0 Å². The monoisotopic (exact) mass is 334 g/mol. The van der Waals surface area contributed by atoms with Crippen LogP contribution in [0.3, 0.4) is 0 Å². The normalized spacial score (nSPS) is 15.1. The van der Waals surface area contributed by atoms with E-state index in [-0.39, 0.29) is 6.54 Å². The van der Waals surface area contributed by atoms with Gasteiger partial charge in [-0.15, -0.1) is 0 Å². The van der Waals surface area contributed by atoms with E-state index in [2.05, 4.69) is 10.3 Å². The predicted octanol–water partition coefficient (Wildman–Crippen LogP) is 0.794. The Morgan fingerprint density at radius 1 is 1.48 bits per heavy atom. The number of nitrogens with one attached hydrogen (secondary N) is 1. The summed E-state index contributed by atoms with van der Waals surface area (Å²) in [6.45, 7) is 0.196. The smallest absolute Gasteiger partial charge is 0.374 e. The van der Waals surface area contributed by atoms with Gasteiger partial charge >= 0.3 is 6.18 Å². The Hall–Kier alpha value is -1.87. The lowest BCUT2D eigenvalue weighted by Gasteiger charge is -2.29. The molecule has 0 bridgehead atoms. The van der Waals surface area contributed by atoms with Gasteiger partial charge in [0.05, 0.1) is 0 Å². The molecule has 0 aliphatic heterocycles. The minimum absolute atomic E-state index is 0.339. The highest BCUT2D eigenvalue weighted by molar-refractivity contribution is 5.87. The van der Waals surface area contributed by atoms with Crippen molar-refractivity contribution in [3.8, 4) is 0 Å². The van der Waals surface area contributed by atoms with Crippen molar-refractivity contribution in [1.82, 2.24) is 19.8 Å². The van der Waals surface area contributed by atoms with E-state index in [0.717, 1.165) is 4.57 Å². The molecule has 0 saturated heterocycles. The molecule has 0 radical (unpaired) electrons. The third kappa shape index (κ3) is 5.07. The van der Waals surface area contributed by atoms with Crippen LogP contribution in [-0.4, -0.2) is 58.8 Å². The first-order valence-electron chi connectivity index (χ1n) is 6.94. The molecule has 1 unspecified atom stereocenters. The molecule has 1 amide bonds. The van der Waals surface area contributed by atoms with Crippen molar-refractivity contribution in [3.05, 3.63) is 30.4 Å². The maximum atomic E-state index is 13.2. The van der Waals surface area contributed by atoms with Crippen LogP contribution in [0.1, 0.15) is 12.2 Å². The highest BCUT2D eigenvalue weighted by Crippen LogP contribution is 2.40. The first-order chi connectivity index (χ1) is 10.6. The average Bonchev–Trinajstić information content (AvgIpc) is 2.83. The molecule has 9 heteroatoms. The number of rotatable bonds is 7. The standard InChI is InChI=1S/C14H21F3N4O2/c1-20(2)9-4-5-11(22)18-7-6-13(23,14(15,16)17)12-19-8-10-21(12)3/h4-5,8,10,23H,6-7,9H2,1-3H3,(H,18,22)/b5-4+. The topological polar surface area (TPSA) is 70.4 Å². The number of carbonyl (C=O) groups excluding carboxylic acids is 1. The summed E-state index contributed by atoms with van der Waals surface area (Å²) in [4.78, 5) is 16.9. The summed E-state index contributed by atoms with van der Waals surface area (Å²) in [7, 11) is 5.00. The van der Waals surface area contributed by atoms with Crippen LogP contribution in [0.4, 0.5) is 13.2 Å². The highest BCUT2D eigenvalue weighted by atomic mass is 19.4. The van der Waals surface area contributed by atoms with E-state index >= 15 is 0 Å². The Morgan fingerprint density at radius 2 is 2.13 bits per heavy atom. The number of amides is 1. The van der Waals surface area contributed by atoms with E-state index in [4.69, 9.17) is 0 Å². The predicted molar refractivity (Wildman–Crippen MR) is 78.5 cm³/mol. The fourth-order valence-electron chi connectivity index (χ4n) is 1.94. The molecule has 0 saturated carbocycles. The molecule has 0 aliphatic rings. The lowest BCUT2D eigenvalue weighted by Crippen LogP contribution is -2.46. The first kappa shape index (κ1) is 19.2. The number of hydrogen-bond acceptors (Lipinski definition) is 4. The molecule has 0 fully saturated rings. The Labute approximate surface area is 132 Å². The molecule has 1 atom stereocenters. The SMILES string of the molecule is CN(C)C/C=C/C(=O)NCCC(O)(c1nccn1C)C(F)(F)F. The second-order valence-electron chi connectivity index (χ2n) is 5.43. The zero-order chi connectivity index (χ0) is 17.7. The van der Waals surface area contributed by atoms with Gasteiger partial charge in [-0.3, -0.25) is 4.79 Å². The molecule has 1 rings (SSSR count). The zero-order valence-electron chi connectivity index (χ0n) is 13.3. The van der Waals surface area contributed by atoms with Gasteiger partial charge in [0.15, 0.2) is 0 Å². The molecule has 6 nitrogen and oxygen atoms in total. The van der Waals surface area contributed by atoms with E-state index < -0.39 is 29.9 Å². The van der Waals surface area contributed by atoms with Gasteiger partial charge in [-0.1, -0.05) is 6.08 Å². The van der Waals surface area contributed by atoms with Gasteiger partial charge in [0.1, 0.15) is 5.82 Å². The Morgan fingerprint density at radius 3 is 2.61 bits per heavy atom. The molecule has 1 heterocycles. The average molecular weight is 334 g/mol. The van der Waals surface area contributed by atoms with Crippen molar-refractivity contribution < 1.29 is 23.1 Å². The highest BCUT2D eigenvalue weighted by Gasteiger charge is 2.57. The maximum absolute atomic E-state index is 13.2. The third-order valence-corrected chi connectivity index (χ3v) is 3.19. The molecular formula is C14H21F3N4O2. The second kappa shape index (κ2) is 7.60. The van der Waals surface area contributed by atoms with Crippen molar-refractivity contribution in [1.29, 1.82) is 0 Å². The fourth-order valence-corrected chi connectivity index (χ4v) is 1.94. The summed E-state index contributed by atoms with van der Waals surface area (Å²) in [6, 6.07) is 0. The Balaban J connectivity index is 2.69. The molecule has 1 aromatic rings. The van der Waals surface area contributed by atoms with Crippen LogP contribution in [0.15, 0.2) is 24.5 Å². The quantitative estimate of drug-likeness (QED) is 0.724. The molecule has 0 aliphatic carbocycles. The second-order valence-corrected chi connectivity index (χ2v) is 5.43. The summed E-state index contributed by atoms with van der Waals surface area (Å²) in [5.41, 5.74) is -3.12. The number of alkyl halides is 3. The van der Waals surface area contributed by atoms with E-state index in [1.165, 1.54) is 25.5 Å². The number of halogens is 3. The number of hydrogen-bond donors (Lipinski definition) is 2. The molecule has 2 N–H and O–H groups in total. The number of aliphatic hydroxyl groups is 1. The molecular weight excluding hydrogens is 313 g/mol. The summed E-state index contributed by atoms with van der Waals surface area (Å²) in [5, 5.41) is 12.4. The molecule has 130 valence electrons. The molecule has 1 aromatic heterocycles. The summed E-state index contributed by atoms with van der Waals surface area (Å²) >= 11 is 0. The van der Waals surface area contributed by atoms with Crippen molar-refractivity contribution >= 4 is 5.91 Å². The number of aryl methyl sites for hydroxylation is 1. The maximum Gasteiger partial charge on any atom is 0.424 e. The van der Waals surface area contributed by atoms with E-state index in [1.54, 1.807) is 6.08 Å². The fraction of sp³-hybridized carbons (Fsp3) is 0.571. The largest absolute Gasteiger partial charge is 0.424 e. The van der Waals surface area contributed by atoms with Crippen LogP contribution >= 0.6 is 0 Å². The van der Waals surface area contributed by atoms with Gasteiger partial charge in [-0.05, 0) is 14.1 Å². The summed E-state index contributed by atoms with van der Waals surface area (Å²) < 4.78 is 40.8. The zero-order valence-corrected chi connectivity index (χ0v) is 13.3. The number of aromatic nitrogens is 2. The molecule has 0 aromatic carbocycles. The Bertz CT molecular complexity index is 554. The van der Waals surface area contributed by atoms with Gasteiger partial charge in [0.25, 0.3) is 0 Å². The van der Waals surface area contributed by atoms with Gasteiger partial charge in [-0.25, -0.2) is 4.98 Å². The summed E-state index contributed by atoms with van der Waals surface area (Å²) in [5.74, 6) is -1.03. The van der Waals surface area contributed by atoms with Crippen LogP contribution in [0.2, 0.25) is 0 Å². The summed E-state index contributed by atoms with van der Waals surface area (Å²) in [6.07, 6.45) is -0.313. The first-order valence-corrected chi connectivity index (χ1v) is 6.94. The number of nitrogens with zero attached hydrogens (tertiary/aromatic N) is 3. The minimum atomic E-state index is -4.91.